The van der Waals surface area contributed by atoms with E-state index in [0.29, 0.717) is 23.1 Å². The van der Waals surface area contributed by atoms with E-state index in [0.717, 1.165) is 32.1 Å². The zero-order valence-electron chi connectivity index (χ0n) is 19.7. The average Bonchev–Trinajstić information content (AvgIpc) is 3.03. The second-order valence-electron chi connectivity index (χ2n) is 9.03. The molecule has 1 aromatic heterocycles. The van der Waals surface area contributed by atoms with E-state index in [1.165, 1.54) is 50.3 Å². The van der Waals surface area contributed by atoms with Gasteiger partial charge in [-0.25, -0.2) is 9.18 Å². The Hall–Kier alpha value is -1.62. The van der Waals surface area contributed by atoms with Crippen LogP contribution in [-0.2, 0) is 0 Å². The number of rotatable bonds is 6. The van der Waals surface area contributed by atoms with Gasteiger partial charge in [-0.2, -0.15) is 0 Å². The van der Waals surface area contributed by atoms with Crippen LogP contribution in [0, 0.1) is 11.2 Å². The van der Waals surface area contributed by atoms with Crippen LogP contribution in [0.3, 0.4) is 0 Å². The van der Waals surface area contributed by atoms with Crippen LogP contribution >= 0.6 is 0 Å². The first-order valence-corrected chi connectivity index (χ1v) is 11.7. The summed E-state index contributed by atoms with van der Waals surface area (Å²) in [7, 11) is 0. The van der Waals surface area contributed by atoms with Crippen LogP contribution in [-0.4, -0.2) is 16.3 Å². The summed E-state index contributed by atoms with van der Waals surface area (Å²) >= 11 is 0. The SMILES string of the molecule is CC1(C)CCCCC1.CCCC(CCC)n1c(=O)oc2ccc(F)cc21.CCCO. The molecular weight excluding hydrogens is 381 g/mol. The van der Waals surface area contributed by atoms with Crippen molar-refractivity contribution in [3.8, 4) is 0 Å². The lowest BCUT2D eigenvalue weighted by atomic mass is 9.78. The van der Waals surface area contributed by atoms with Crippen LogP contribution in [0.1, 0.15) is 105 Å². The number of aliphatic hydroxyl groups excluding tert-OH is 1. The van der Waals surface area contributed by atoms with Gasteiger partial charge in [0.05, 0.1) is 5.52 Å². The molecule has 1 saturated carbocycles. The van der Waals surface area contributed by atoms with Crippen molar-refractivity contribution in [3.05, 3.63) is 34.6 Å². The molecule has 5 heteroatoms. The molecule has 172 valence electrons. The monoisotopic (exact) mass is 423 g/mol. The summed E-state index contributed by atoms with van der Waals surface area (Å²) in [5, 5.41) is 7.88. The van der Waals surface area contributed by atoms with Gasteiger partial charge in [0.15, 0.2) is 5.58 Å². The fraction of sp³-hybridized carbons (Fsp3) is 0.720. The van der Waals surface area contributed by atoms with Gasteiger partial charge < -0.3 is 9.52 Å². The maximum atomic E-state index is 13.3. The van der Waals surface area contributed by atoms with Gasteiger partial charge in [0.1, 0.15) is 5.82 Å². The van der Waals surface area contributed by atoms with E-state index in [-0.39, 0.29) is 17.6 Å². The van der Waals surface area contributed by atoms with Crippen LogP contribution in [0.5, 0.6) is 0 Å². The predicted octanol–water partition coefficient (Wildman–Crippen LogP) is 7.24. The third kappa shape index (κ3) is 8.63. The van der Waals surface area contributed by atoms with Crippen molar-refractivity contribution in [2.75, 3.05) is 6.61 Å². The van der Waals surface area contributed by atoms with Gasteiger partial charge in [-0.05, 0) is 49.7 Å². The molecule has 0 atom stereocenters. The fourth-order valence-electron chi connectivity index (χ4n) is 3.93. The molecule has 1 aliphatic carbocycles. The number of hydrogen-bond acceptors (Lipinski definition) is 3. The van der Waals surface area contributed by atoms with Gasteiger partial charge in [0.2, 0.25) is 0 Å². The lowest BCUT2D eigenvalue weighted by Crippen LogP contribution is -2.20. The Morgan fingerprint density at radius 3 is 2.07 bits per heavy atom. The second kappa shape index (κ2) is 13.6. The number of fused-ring (bicyclic) bond motifs is 1. The summed E-state index contributed by atoms with van der Waals surface area (Å²) in [4.78, 5) is 11.9. The van der Waals surface area contributed by atoms with Crippen LogP contribution in [0.15, 0.2) is 27.4 Å². The summed E-state index contributed by atoms with van der Waals surface area (Å²) < 4.78 is 20.1. The highest BCUT2D eigenvalue weighted by molar-refractivity contribution is 5.72. The molecule has 2 aromatic rings. The quantitative estimate of drug-likeness (QED) is 0.533. The number of nitrogens with zero attached hydrogens (tertiary/aromatic N) is 1. The van der Waals surface area contributed by atoms with Gasteiger partial charge in [0.25, 0.3) is 0 Å². The minimum Gasteiger partial charge on any atom is -0.408 e. The van der Waals surface area contributed by atoms with Gasteiger partial charge >= 0.3 is 5.76 Å². The highest BCUT2D eigenvalue weighted by Crippen LogP contribution is 2.34. The van der Waals surface area contributed by atoms with Gasteiger partial charge in [0, 0.05) is 18.7 Å². The number of benzene rings is 1. The van der Waals surface area contributed by atoms with Crippen molar-refractivity contribution in [1.82, 2.24) is 4.57 Å². The molecule has 0 unspecified atom stereocenters. The number of hydrogen-bond donors (Lipinski definition) is 1. The van der Waals surface area contributed by atoms with Crippen molar-refractivity contribution in [2.24, 2.45) is 5.41 Å². The third-order valence-electron chi connectivity index (χ3n) is 5.61. The molecule has 0 amide bonds. The molecule has 0 bridgehead atoms. The summed E-state index contributed by atoms with van der Waals surface area (Å²) in [6, 6.07) is 4.29. The number of halogens is 1. The van der Waals surface area contributed by atoms with Crippen molar-refractivity contribution in [3.63, 3.8) is 0 Å². The standard InChI is InChI=1S/C14H18FNO2.C8H16.C3H8O/c1-3-5-11(6-4-2)16-12-9-10(15)7-8-13(12)18-14(16)17;1-8(2)6-4-3-5-7-8;1-2-3-4/h7-9,11H,3-6H2,1-2H3;3-7H2,1-2H3;4H,2-3H2,1H3. The predicted molar refractivity (Wildman–Crippen MR) is 124 cm³/mol. The first-order chi connectivity index (χ1) is 14.3. The maximum absolute atomic E-state index is 13.3. The fourth-order valence-corrected chi connectivity index (χ4v) is 3.93. The Labute approximate surface area is 181 Å². The number of oxazole rings is 1. The molecule has 0 saturated heterocycles. The summed E-state index contributed by atoms with van der Waals surface area (Å²) in [5.74, 6) is -0.730. The second-order valence-corrected chi connectivity index (χ2v) is 9.03. The summed E-state index contributed by atoms with van der Waals surface area (Å²) in [6.07, 6.45) is 12.0. The van der Waals surface area contributed by atoms with E-state index in [2.05, 4.69) is 27.7 Å². The van der Waals surface area contributed by atoms with E-state index in [4.69, 9.17) is 9.52 Å². The highest BCUT2D eigenvalue weighted by atomic mass is 19.1. The number of aromatic nitrogens is 1. The molecule has 3 rings (SSSR count). The largest absolute Gasteiger partial charge is 0.420 e. The van der Waals surface area contributed by atoms with E-state index in [1.54, 1.807) is 4.57 Å². The molecular formula is C25H42FNO3. The van der Waals surface area contributed by atoms with Crippen molar-refractivity contribution < 1.29 is 13.9 Å². The normalized spacial score (nSPS) is 15.3. The Morgan fingerprint density at radius 1 is 1.07 bits per heavy atom. The van der Waals surface area contributed by atoms with E-state index < -0.39 is 0 Å². The topological polar surface area (TPSA) is 55.4 Å². The van der Waals surface area contributed by atoms with Gasteiger partial charge in [-0.15, -0.1) is 0 Å². The molecule has 1 aliphatic rings. The molecule has 1 N–H and O–H groups in total. The van der Waals surface area contributed by atoms with E-state index in [9.17, 15) is 9.18 Å². The van der Waals surface area contributed by atoms with Crippen LogP contribution in [0.2, 0.25) is 0 Å². The van der Waals surface area contributed by atoms with Crippen molar-refractivity contribution >= 4 is 11.1 Å². The molecule has 0 aliphatic heterocycles. The maximum Gasteiger partial charge on any atom is 0.420 e. The summed E-state index contributed by atoms with van der Waals surface area (Å²) in [6.45, 7) is 11.2. The Bertz CT molecular complexity index is 762. The lowest BCUT2D eigenvalue weighted by molar-refractivity contribution is 0.244. The first kappa shape index (κ1) is 26.4. The highest BCUT2D eigenvalue weighted by Gasteiger charge is 2.20. The Morgan fingerprint density at radius 2 is 1.63 bits per heavy atom. The molecule has 0 spiro atoms. The molecule has 1 heterocycles. The van der Waals surface area contributed by atoms with Crippen LogP contribution in [0.25, 0.3) is 11.1 Å². The Balaban J connectivity index is 0.000000309. The molecule has 4 nitrogen and oxygen atoms in total. The van der Waals surface area contributed by atoms with Crippen LogP contribution in [0.4, 0.5) is 4.39 Å². The first-order valence-electron chi connectivity index (χ1n) is 11.7. The number of aliphatic hydroxyl groups is 1. The smallest absolute Gasteiger partial charge is 0.408 e. The third-order valence-corrected chi connectivity index (χ3v) is 5.61. The zero-order valence-corrected chi connectivity index (χ0v) is 19.7. The van der Waals surface area contributed by atoms with E-state index >= 15 is 0 Å². The van der Waals surface area contributed by atoms with E-state index in [1.807, 2.05) is 6.92 Å². The van der Waals surface area contributed by atoms with Gasteiger partial charge in [-0.1, -0.05) is 66.7 Å². The summed E-state index contributed by atoms with van der Waals surface area (Å²) in [5.41, 5.74) is 1.70. The lowest BCUT2D eigenvalue weighted by Gasteiger charge is -2.28. The molecule has 1 aromatic carbocycles. The molecule has 0 radical (unpaired) electrons. The van der Waals surface area contributed by atoms with Crippen molar-refractivity contribution in [1.29, 1.82) is 0 Å². The minimum atomic E-state index is -0.387. The molecule has 1 fully saturated rings. The zero-order chi connectivity index (χ0) is 22.6. The van der Waals surface area contributed by atoms with Gasteiger partial charge in [-0.3, -0.25) is 4.57 Å². The minimum absolute atomic E-state index is 0.0931. The average molecular weight is 424 g/mol. The Kier molecular flexibility index (Phi) is 12.0. The molecule has 30 heavy (non-hydrogen) atoms. The van der Waals surface area contributed by atoms with Crippen LogP contribution < -0.4 is 5.76 Å². The van der Waals surface area contributed by atoms with Crippen molar-refractivity contribution in [2.45, 2.75) is 105 Å².